The fourth-order valence-corrected chi connectivity index (χ4v) is 5.85. The van der Waals surface area contributed by atoms with E-state index in [2.05, 4.69) is 10.2 Å². The lowest BCUT2D eigenvalue weighted by atomic mass is 10.2. The minimum absolute atomic E-state index is 0.0236. The average Bonchev–Trinajstić information content (AvgIpc) is 2.86. The number of carboxylic acids is 1. The summed E-state index contributed by atoms with van der Waals surface area (Å²) in [6.45, 7) is 11.4. The summed E-state index contributed by atoms with van der Waals surface area (Å²) >= 11 is 0. The Kier molecular flexibility index (Phi) is 12.4. The van der Waals surface area contributed by atoms with Gasteiger partial charge < -0.3 is 20.1 Å². The predicted molar refractivity (Wildman–Crippen MR) is 134 cm³/mol. The van der Waals surface area contributed by atoms with Gasteiger partial charge in [0.2, 0.25) is 15.9 Å². The van der Waals surface area contributed by atoms with Crippen LogP contribution in [-0.2, 0) is 24.3 Å². The van der Waals surface area contributed by atoms with Gasteiger partial charge in [-0.1, -0.05) is 17.7 Å². The number of ether oxygens (including phenoxy) is 1. The fraction of sp³-hybridized carbons (Fsp3) is 0.667. The number of hydrogen-bond acceptors (Lipinski definition) is 7. The van der Waals surface area contributed by atoms with Crippen LogP contribution in [0.1, 0.15) is 24.0 Å². The summed E-state index contributed by atoms with van der Waals surface area (Å²) in [5.74, 6) is -2.73. The van der Waals surface area contributed by atoms with Crippen LogP contribution in [0.25, 0.3) is 0 Å². The van der Waals surface area contributed by atoms with Crippen LogP contribution in [0.15, 0.2) is 23.1 Å². The van der Waals surface area contributed by atoms with Gasteiger partial charge in [-0.25, -0.2) is 13.2 Å². The highest BCUT2D eigenvalue weighted by molar-refractivity contribution is 7.89. The van der Waals surface area contributed by atoms with E-state index in [0.29, 0.717) is 24.5 Å². The molecule has 0 bridgehead atoms. The second-order valence-corrected chi connectivity index (χ2v) is 11.1. The first kappa shape index (κ1) is 32.0. The zero-order valence-electron chi connectivity index (χ0n) is 21.8. The summed E-state index contributed by atoms with van der Waals surface area (Å²) in [6.07, 6.45) is -4.15. The van der Waals surface area contributed by atoms with Crippen molar-refractivity contribution < 1.29 is 41.0 Å². The highest BCUT2D eigenvalue weighted by atomic mass is 32.2. The van der Waals surface area contributed by atoms with E-state index >= 15 is 0 Å². The van der Waals surface area contributed by atoms with E-state index in [1.54, 1.807) is 6.07 Å². The molecule has 2 N–H and O–H groups in total. The molecular weight excluding hydrogens is 529 g/mol. The van der Waals surface area contributed by atoms with Crippen LogP contribution in [0.2, 0.25) is 0 Å². The minimum Gasteiger partial charge on any atom is -0.475 e. The molecule has 2 heterocycles. The molecule has 2 aliphatic rings. The summed E-state index contributed by atoms with van der Waals surface area (Å²) in [5, 5.41) is 10.4. The smallest absolute Gasteiger partial charge is 0.475 e. The molecule has 3 rings (SSSR count). The van der Waals surface area contributed by atoms with Crippen molar-refractivity contribution in [3.05, 3.63) is 29.3 Å². The molecule has 0 saturated carbocycles. The molecule has 0 atom stereocenters. The quantitative estimate of drug-likeness (QED) is 0.462. The largest absolute Gasteiger partial charge is 0.490 e. The fourth-order valence-electron chi connectivity index (χ4n) is 4.17. The third kappa shape index (κ3) is 10.1. The van der Waals surface area contributed by atoms with Crippen molar-refractivity contribution in [1.29, 1.82) is 0 Å². The van der Waals surface area contributed by atoms with Crippen molar-refractivity contribution in [1.82, 2.24) is 19.4 Å². The maximum atomic E-state index is 13.5. The van der Waals surface area contributed by atoms with Crippen molar-refractivity contribution >= 4 is 21.9 Å². The van der Waals surface area contributed by atoms with E-state index < -0.39 is 22.2 Å². The molecule has 38 heavy (non-hydrogen) atoms. The second kappa shape index (κ2) is 14.8. The van der Waals surface area contributed by atoms with Crippen LogP contribution in [-0.4, -0.2) is 118 Å². The number of nitrogens with zero attached hydrogens (tertiary/aromatic N) is 3. The van der Waals surface area contributed by atoms with Crippen molar-refractivity contribution in [3.63, 3.8) is 0 Å². The van der Waals surface area contributed by atoms with Crippen LogP contribution in [0.5, 0.6) is 0 Å². The van der Waals surface area contributed by atoms with Crippen molar-refractivity contribution in [2.75, 3.05) is 72.1 Å². The number of carbonyl (C=O) groups excluding carboxylic acids is 1. The number of amides is 1. The molecule has 14 heteroatoms. The summed E-state index contributed by atoms with van der Waals surface area (Å²) in [7, 11) is -3.67. The van der Waals surface area contributed by atoms with Crippen molar-refractivity contribution in [2.45, 2.75) is 37.8 Å². The van der Waals surface area contributed by atoms with Gasteiger partial charge in [0.1, 0.15) is 0 Å². The van der Waals surface area contributed by atoms with Crippen LogP contribution in [0.4, 0.5) is 13.2 Å². The van der Waals surface area contributed by atoms with Crippen LogP contribution in [0.3, 0.4) is 0 Å². The summed E-state index contributed by atoms with van der Waals surface area (Å²) in [5.41, 5.74) is 1.77. The number of morpholine rings is 1. The Balaban J connectivity index is 0.000000638. The lowest BCUT2D eigenvalue weighted by molar-refractivity contribution is -0.192. The van der Waals surface area contributed by atoms with Gasteiger partial charge in [-0.05, 0) is 38.4 Å². The third-order valence-corrected chi connectivity index (χ3v) is 8.28. The van der Waals surface area contributed by atoms with E-state index in [4.69, 9.17) is 14.6 Å². The highest BCUT2D eigenvalue weighted by Gasteiger charge is 2.38. The standard InChI is InChI=1S/C22H36N4O4S.C2HF3O2/c1-19-4-5-21(20(2)18-19)31(28,29)26(10-3-9-24-14-16-30-17-15-24)11-6-22(27)25-12-7-23-8-13-25;3-2(4,5)1(6)7/h4-5,18,23H,3,6-17H2,1-2H3;(H,6,7). The molecule has 0 spiro atoms. The lowest BCUT2D eigenvalue weighted by Gasteiger charge is -2.30. The Morgan fingerprint density at radius 1 is 1.08 bits per heavy atom. The second-order valence-electron chi connectivity index (χ2n) is 9.16. The van der Waals surface area contributed by atoms with Gasteiger partial charge in [0.15, 0.2) is 0 Å². The number of aliphatic carboxylic acids is 1. The lowest BCUT2D eigenvalue weighted by Crippen LogP contribution is -2.47. The molecule has 216 valence electrons. The van der Waals surface area contributed by atoms with E-state index in [0.717, 1.165) is 63.5 Å². The normalized spacial score (nSPS) is 17.2. The molecule has 10 nitrogen and oxygen atoms in total. The highest BCUT2D eigenvalue weighted by Crippen LogP contribution is 2.22. The van der Waals surface area contributed by atoms with Gasteiger partial charge in [-0.15, -0.1) is 0 Å². The number of carbonyl (C=O) groups is 2. The SMILES string of the molecule is Cc1ccc(S(=O)(=O)N(CCCN2CCOCC2)CCC(=O)N2CCNCC2)c(C)c1.O=C(O)C(F)(F)F. The molecular formula is C24H37F3N4O6S. The van der Waals surface area contributed by atoms with Gasteiger partial charge in [-0.2, -0.15) is 17.5 Å². The number of halogens is 3. The molecule has 1 aromatic carbocycles. The summed E-state index contributed by atoms with van der Waals surface area (Å²) in [6, 6.07) is 5.41. The zero-order chi connectivity index (χ0) is 28.3. The van der Waals surface area contributed by atoms with Crippen LogP contribution in [0, 0.1) is 13.8 Å². The van der Waals surface area contributed by atoms with E-state index in [9.17, 15) is 26.4 Å². The average molecular weight is 567 g/mol. The van der Waals surface area contributed by atoms with Crippen molar-refractivity contribution in [2.24, 2.45) is 0 Å². The topological polar surface area (TPSA) is 119 Å². The molecule has 0 aromatic heterocycles. The Morgan fingerprint density at radius 3 is 2.24 bits per heavy atom. The van der Waals surface area contributed by atoms with Gasteiger partial charge in [0.25, 0.3) is 0 Å². The number of carboxylic acid groups (broad SMARTS) is 1. The van der Waals surface area contributed by atoms with Crippen LogP contribution >= 0.6 is 0 Å². The molecule has 1 amide bonds. The summed E-state index contributed by atoms with van der Waals surface area (Å²) in [4.78, 5) is 26.0. The Bertz CT molecular complexity index is 1030. The third-order valence-electron chi connectivity index (χ3n) is 6.22. The molecule has 2 aliphatic heterocycles. The first-order valence-electron chi connectivity index (χ1n) is 12.5. The van der Waals surface area contributed by atoms with Gasteiger partial charge in [-0.3, -0.25) is 9.69 Å². The first-order chi connectivity index (χ1) is 17.8. The number of sulfonamides is 1. The molecule has 2 fully saturated rings. The Morgan fingerprint density at radius 2 is 1.68 bits per heavy atom. The van der Waals surface area contributed by atoms with E-state index in [1.807, 2.05) is 30.9 Å². The molecule has 1 aromatic rings. The number of aryl methyl sites for hydroxylation is 2. The van der Waals surface area contributed by atoms with Crippen molar-refractivity contribution in [3.8, 4) is 0 Å². The Labute approximate surface area is 221 Å². The number of nitrogens with one attached hydrogen (secondary N) is 1. The number of rotatable bonds is 9. The van der Waals surface area contributed by atoms with Crippen LogP contribution < -0.4 is 5.32 Å². The summed E-state index contributed by atoms with van der Waals surface area (Å²) < 4.78 is 65.6. The predicted octanol–water partition coefficient (Wildman–Crippen LogP) is 1.47. The maximum absolute atomic E-state index is 13.5. The Hall–Kier alpha value is -2.26. The molecule has 0 aliphatic carbocycles. The zero-order valence-corrected chi connectivity index (χ0v) is 22.6. The molecule has 0 radical (unpaired) electrons. The minimum atomic E-state index is -5.08. The van der Waals surface area contributed by atoms with Gasteiger partial charge >= 0.3 is 12.1 Å². The maximum Gasteiger partial charge on any atom is 0.490 e. The van der Waals surface area contributed by atoms with Gasteiger partial charge in [0, 0.05) is 58.8 Å². The van der Waals surface area contributed by atoms with E-state index in [-0.39, 0.29) is 18.9 Å². The van der Waals surface area contributed by atoms with E-state index in [1.165, 1.54) is 4.31 Å². The number of alkyl halides is 3. The monoisotopic (exact) mass is 566 g/mol. The molecule has 0 unspecified atom stereocenters. The number of hydrogen-bond donors (Lipinski definition) is 2. The molecule has 2 saturated heterocycles. The first-order valence-corrected chi connectivity index (χ1v) is 13.9. The number of benzene rings is 1. The van der Waals surface area contributed by atoms with Gasteiger partial charge in [0.05, 0.1) is 18.1 Å². The number of piperazine rings is 1.